The van der Waals surface area contributed by atoms with E-state index in [9.17, 15) is 0 Å². The summed E-state index contributed by atoms with van der Waals surface area (Å²) in [4.78, 5) is 15.5. The van der Waals surface area contributed by atoms with E-state index >= 15 is 0 Å². The van der Waals surface area contributed by atoms with Crippen LogP contribution in [-0.4, -0.2) is 19.5 Å². The Labute approximate surface area is 359 Å². The van der Waals surface area contributed by atoms with E-state index in [0.29, 0.717) is 17.5 Å². The van der Waals surface area contributed by atoms with E-state index in [1.54, 1.807) is 0 Å². The molecule has 11 aromatic rings. The Morgan fingerprint density at radius 1 is 0.306 bits per heavy atom. The Balaban J connectivity index is 0.971. The monoisotopic (exact) mass is 788 g/mol. The van der Waals surface area contributed by atoms with Crippen molar-refractivity contribution in [1.29, 1.82) is 0 Å². The highest BCUT2D eigenvalue weighted by Crippen LogP contribution is 2.64. The van der Waals surface area contributed by atoms with Gasteiger partial charge in [0, 0.05) is 33.2 Å². The molecule has 0 amide bonds. The maximum absolute atomic E-state index is 5.23. The van der Waals surface area contributed by atoms with Gasteiger partial charge in [0.15, 0.2) is 17.5 Å². The number of rotatable bonds is 5. The normalized spacial score (nSPS) is 13.0. The van der Waals surface area contributed by atoms with Gasteiger partial charge in [-0.1, -0.05) is 194 Å². The fraction of sp³-hybridized carbons (Fsp3) is 0.0172. The molecular formula is C58H36N4. The number of benzene rings is 9. The second-order valence-corrected chi connectivity index (χ2v) is 16.3. The van der Waals surface area contributed by atoms with Crippen molar-refractivity contribution in [3.05, 3.63) is 241 Å². The summed E-state index contributed by atoms with van der Waals surface area (Å²) >= 11 is 0. The third kappa shape index (κ3) is 4.92. The van der Waals surface area contributed by atoms with Crippen LogP contribution in [0.1, 0.15) is 22.3 Å². The van der Waals surface area contributed by atoms with Gasteiger partial charge < -0.3 is 4.57 Å². The third-order valence-electron chi connectivity index (χ3n) is 13.1. The molecule has 2 aliphatic rings. The Hall–Kier alpha value is -8.21. The van der Waals surface area contributed by atoms with E-state index in [2.05, 4.69) is 205 Å². The van der Waals surface area contributed by atoms with Gasteiger partial charge in [-0.3, -0.25) is 0 Å². The van der Waals surface area contributed by atoms with Gasteiger partial charge in [-0.05, 0) is 79.9 Å². The second-order valence-electron chi connectivity index (χ2n) is 16.3. The molecule has 0 saturated carbocycles. The SMILES string of the molecule is c1ccc(-c2nc(-c3ccc(-c4cccc5c4C4(c6ccccc6-c6ccccc64)c4ccccc4-5)cc3)nc(-c3ccc4c5ccccc5n(-c5ccccc5)c4c3)n2)cc1. The summed E-state index contributed by atoms with van der Waals surface area (Å²) in [5.41, 5.74) is 18.6. The van der Waals surface area contributed by atoms with Crippen molar-refractivity contribution in [1.82, 2.24) is 19.5 Å². The van der Waals surface area contributed by atoms with Gasteiger partial charge in [-0.2, -0.15) is 0 Å². The lowest BCUT2D eigenvalue weighted by Gasteiger charge is -2.32. The van der Waals surface area contributed by atoms with Gasteiger partial charge in [0.25, 0.3) is 0 Å². The fourth-order valence-corrected chi connectivity index (χ4v) is 10.5. The molecule has 1 spiro atoms. The van der Waals surface area contributed by atoms with Crippen molar-refractivity contribution in [2.75, 3.05) is 0 Å². The van der Waals surface area contributed by atoms with E-state index in [0.717, 1.165) is 39.0 Å². The summed E-state index contributed by atoms with van der Waals surface area (Å²) in [6, 6.07) is 78.5. The molecule has 0 atom stereocenters. The van der Waals surface area contributed by atoms with Gasteiger partial charge in [0.05, 0.1) is 16.4 Å². The van der Waals surface area contributed by atoms with Crippen LogP contribution in [0.15, 0.2) is 218 Å². The van der Waals surface area contributed by atoms with Gasteiger partial charge in [-0.25, -0.2) is 15.0 Å². The predicted molar refractivity (Wildman–Crippen MR) is 252 cm³/mol. The minimum atomic E-state index is -0.435. The van der Waals surface area contributed by atoms with Crippen LogP contribution >= 0.6 is 0 Å². The number of hydrogen-bond donors (Lipinski definition) is 0. The zero-order chi connectivity index (χ0) is 40.8. The first kappa shape index (κ1) is 34.6. The summed E-state index contributed by atoms with van der Waals surface area (Å²) in [5.74, 6) is 1.89. The molecule has 13 rings (SSSR count). The highest BCUT2D eigenvalue weighted by molar-refractivity contribution is 6.10. The van der Waals surface area contributed by atoms with Crippen molar-refractivity contribution < 1.29 is 0 Å². The Morgan fingerprint density at radius 3 is 1.42 bits per heavy atom. The number of aromatic nitrogens is 4. The van der Waals surface area contributed by atoms with Gasteiger partial charge >= 0.3 is 0 Å². The highest BCUT2D eigenvalue weighted by atomic mass is 15.0. The molecule has 2 aliphatic carbocycles. The first-order valence-electron chi connectivity index (χ1n) is 21.2. The molecule has 0 fully saturated rings. The van der Waals surface area contributed by atoms with Gasteiger partial charge in [0.1, 0.15) is 0 Å². The molecule has 0 radical (unpaired) electrons. The van der Waals surface area contributed by atoms with Crippen LogP contribution in [0.5, 0.6) is 0 Å². The minimum absolute atomic E-state index is 0.435. The Morgan fingerprint density at radius 2 is 0.758 bits per heavy atom. The smallest absolute Gasteiger partial charge is 0.164 e. The largest absolute Gasteiger partial charge is 0.309 e. The lowest BCUT2D eigenvalue weighted by atomic mass is 9.68. The second kappa shape index (κ2) is 13.4. The first-order valence-corrected chi connectivity index (χ1v) is 21.2. The summed E-state index contributed by atoms with van der Waals surface area (Å²) < 4.78 is 2.33. The summed E-state index contributed by atoms with van der Waals surface area (Å²) in [5, 5.41) is 2.39. The summed E-state index contributed by atoms with van der Waals surface area (Å²) in [7, 11) is 0. The van der Waals surface area contributed by atoms with E-state index in [-0.39, 0.29) is 0 Å². The van der Waals surface area contributed by atoms with Crippen LogP contribution in [0, 0.1) is 0 Å². The molecule has 0 bridgehead atoms. The summed E-state index contributed by atoms with van der Waals surface area (Å²) in [6.45, 7) is 0. The molecule has 62 heavy (non-hydrogen) atoms. The molecule has 0 unspecified atom stereocenters. The first-order chi connectivity index (χ1) is 30.8. The van der Waals surface area contributed by atoms with Crippen molar-refractivity contribution in [3.8, 4) is 73.2 Å². The average Bonchev–Trinajstić information content (AvgIpc) is 3.96. The van der Waals surface area contributed by atoms with Gasteiger partial charge in [-0.15, -0.1) is 0 Å². The number of fused-ring (bicyclic) bond motifs is 13. The molecule has 4 nitrogen and oxygen atoms in total. The van der Waals surface area contributed by atoms with E-state index in [1.807, 2.05) is 18.2 Å². The molecule has 0 aliphatic heterocycles. The van der Waals surface area contributed by atoms with Crippen LogP contribution in [-0.2, 0) is 5.41 Å². The van der Waals surface area contributed by atoms with Crippen LogP contribution in [0.4, 0.5) is 0 Å². The molecule has 0 N–H and O–H groups in total. The van der Waals surface area contributed by atoms with E-state index in [4.69, 9.17) is 15.0 Å². The lowest BCUT2D eigenvalue weighted by molar-refractivity contribution is 0.796. The maximum atomic E-state index is 5.23. The lowest BCUT2D eigenvalue weighted by Crippen LogP contribution is -2.26. The maximum Gasteiger partial charge on any atom is 0.164 e. The number of hydrogen-bond acceptors (Lipinski definition) is 3. The molecule has 0 saturated heterocycles. The quantitative estimate of drug-likeness (QED) is 0.174. The predicted octanol–water partition coefficient (Wildman–Crippen LogP) is 14.0. The number of para-hydroxylation sites is 2. The van der Waals surface area contributed by atoms with Crippen LogP contribution in [0.25, 0.3) is 95.0 Å². The van der Waals surface area contributed by atoms with E-state index in [1.165, 1.54) is 60.8 Å². The zero-order valence-electron chi connectivity index (χ0n) is 33.6. The Bertz CT molecular complexity index is 3500. The average molecular weight is 789 g/mol. The summed E-state index contributed by atoms with van der Waals surface area (Å²) in [6.07, 6.45) is 0. The highest BCUT2D eigenvalue weighted by Gasteiger charge is 2.52. The van der Waals surface area contributed by atoms with Crippen LogP contribution in [0.2, 0.25) is 0 Å². The molecule has 2 heterocycles. The topological polar surface area (TPSA) is 43.6 Å². The van der Waals surface area contributed by atoms with Crippen molar-refractivity contribution in [2.24, 2.45) is 0 Å². The fourth-order valence-electron chi connectivity index (χ4n) is 10.5. The number of nitrogens with zero attached hydrogens (tertiary/aromatic N) is 4. The van der Waals surface area contributed by atoms with Crippen molar-refractivity contribution in [3.63, 3.8) is 0 Å². The molecular weight excluding hydrogens is 753 g/mol. The molecule has 4 heteroatoms. The minimum Gasteiger partial charge on any atom is -0.309 e. The third-order valence-corrected chi connectivity index (χ3v) is 13.1. The Kier molecular flexibility index (Phi) is 7.49. The zero-order valence-corrected chi connectivity index (χ0v) is 33.6. The standard InChI is InChI=1S/C58H36N4/c1-3-16-38(17-4-1)55-59-56(61-57(60-55)40-34-35-47-46-23-10-14-29-52(46)62(53(47)36-40)41-18-5-2-6-19-41)39-32-30-37(31-33-39)42-24-15-25-48-45-22-9-13-28-51(45)58(54(42)48)49-26-11-7-20-43(49)44-21-8-12-27-50(44)58/h1-36H. The van der Waals surface area contributed by atoms with E-state index < -0.39 is 5.41 Å². The molecule has 288 valence electrons. The molecule has 2 aromatic heterocycles. The van der Waals surface area contributed by atoms with Crippen LogP contribution < -0.4 is 0 Å². The van der Waals surface area contributed by atoms with Gasteiger partial charge in [0.2, 0.25) is 0 Å². The van der Waals surface area contributed by atoms with Crippen molar-refractivity contribution >= 4 is 21.8 Å². The van der Waals surface area contributed by atoms with Crippen LogP contribution in [0.3, 0.4) is 0 Å². The van der Waals surface area contributed by atoms with Crippen molar-refractivity contribution in [2.45, 2.75) is 5.41 Å². The molecule has 9 aromatic carbocycles.